The molecule has 2 aromatic heterocycles. The molecule has 6 heteroatoms. The average Bonchev–Trinajstić information content (AvgIpc) is 3.38. The van der Waals surface area contributed by atoms with Gasteiger partial charge in [-0.3, -0.25) is 4.68 Å². The van der Waals surface area contributed by atoms with Crippen LogP contribution in [-0.4, -0.2) is 26.2 Å². The highest BCUT2D eigenvalue weighted by Gasteiger charge is 2.17. The molecule has 0 aliphatic carbocycles. The van der Waals surface area contributed by atoms with Crippen LogP contribution < -0.4 is 0 Å². The van der Waals surface area contributed by atoms with E-state index in [2.05, 4.69) is 34.3 Å². The van der Waals surface area contributed by atoms with Crippen molar-refractivity contribution in [1.82, 2.24) is 19.9 Å². The van der Waals surface area contributed by atoms with Crippen molar-refractivity contribution in [2.75, 3.05) is 0 Å². The number of hydrogen-bond acceptors (Lipinski definition) is 5. The Morgan fingerprint density at radius 1 is 1.07 bits per heavy atom. The van der Waals surface area contributed by atoms with Gasteiger partial charge in [-0.25, -0.2) is 0 Å². The van der Waals surface area contributed by atoms with Gasteiger partial charge >= 0.3 is 0 Å². The summed E-state index contributed by atoms with van der Waals surface area (Å²) in [5.74, 6) is 0.920. The van der Waals surface area contributed by atoms with Crippen LogP contribution in [0.1, 0.15) is 34.9 Å². The van der Waals surface area contributed by atoms with Gasteiger partial charge in [-0.15, -0.1) is 0 Å². The highest BCUT2D eigenvalue weighted by atomic mass is 16.5. The minimum atomic E-state index is 0.402. The van der Waals surface area contributed by atoms with Crippen molar-refractivity contribution in [3.05, 3.63) is 76.5 Å². The van der Waals surface area contributed by atoms with Crippen LogP contribution in [0.25, 0.3) is 23.0 Å². The fourth-order valence-electron chi connectivity index (χ4n) is 3.75. The molecule has 0 saturated heterocycles. The Kier molecular flexibility index (Phi) is 5.57. The highest BCUT2D eigenvalue weighted by Crippen LogP contribution is 2.26. The summed E-state index contributed by atoms with van der Waals surface area (Å²) >= 11 is 0. The first-order valence-electron chi connectivity index (χ1n) is 10.1. The predicted octanol–water partition coefficient (Wildman–Crippen LogP) is 4.57. The zero-order chi connectivity index (χ0) is 21.1. The lowest BCUT2D eigenvalue weighted by atomic mass is 9.97. The molecule has 0 N–H and O–H groups in total. The van der Waals surface area contributed by atoms with E-state index in [1.54, 1.807) is 0 Å². The number of carbonyl (C=O) groups excluding carboxylic acids is 1. The third kappa shape index (κ3) is 3.94. The number of carbonyl (C=O) groups is 1. The molecule has 30 heavy (non-hydrogen) atoms. The van der Waals surface area contributed by atoms with Crippen molar-refractivity contribution in [3.8, 4) is 23.0 Å². The van der Waals surface area contributed by atoms with Crippen LogP contribution >= 0.6 is 0 Å². The molecule has 4 aromatic rings. The Morgan fingerprint density at radius 3 is 2.47 bits per heavy atom. The van der Waals surface area contributed by atoms with Gasteiger partial charge in [0, 0.05) is 30.6 Å². The minimum absolute atomic E-state index is 0.402. The molecule has 4 rings (SSSR count). The molecule has 0 radical (unpaired) electrons. The van der Waals surface area contributed by atoms with Gasteiger partial charge in [0.2, 0.25) is 5.82 Å². The third-order valence-electron chi connectivity index (χ3n) is 5.28. The van der Waals surface area contributed by atoms with Crippen LogP contribution in [0.3, 0.4) is 0 Å². The van der Waals surface area contributed by atoms with E-state index in [1.165, 1.54) is 5.56 Å². The molecular formula is C24H24N4O2. The summed E-state index contributed by atoms with van der Waals surface area (Å²) in [5.41, 5.74) is 7.01. The topological polar surface area (TPSA) is 73.8 Å². The summed E-state index contributed by atoms with van der Waals surface area (Å²) in [6.45, 7) is 6.82. The van der Waals surface area contributed by atoms with Crippen LogP contribution in [0.15, 0.2) is 53.1 Å². The Labute approximate surface area is 175 Å². The van der Waals surface area contributed by atoms with Gasteiger partial charge in [-0.2, -0.15) is 10.1 Å². The number of nitrogens with zero attached hydrogens (tertiary/aromatic N) is 4. The molecule has 0 aliphatic rings. The molecule has 6 nitrogen and oxygen atoms in total. The lowest BCUT2D eigenvalue weighted by molar-refractivity contribution is -0.107. The number of aryl methyl sites for hydroxylation is 3. The van der Waals surface area contributed by atoms with Crippen LogP contribution in [-0.2, 0) is 24.2 Å². The first-order chi connectivity index (χ1) is 14.6. The van der Waals surface area contributed by atoms with E-state index in [4.69, 9.17) is 4.52 Å². The summed E-state index contributed by atoms with van der Waals surface area (Å²) in [6, 6.07) is 16.3. The summed E-state index contributed by atoms with van der Waals surface area (Å²) in [6.07, 6.45) is 2.13. The van der Waals surface area contributed by atoms with Crippen molar-refractivity contribution >= 4 is 6.29 Å². The molecule has 0 atom stereocenters. The van der Waals surface area contributed by atoms with E-state index < -0.39 is 0 Å². The maximum atomic E-state index is 10.9. The Morgan fingerprint density at radius 2 is 1.80 bits per heavy atom. The molecular weight excluding hydrogens is 376 g/mol. The second kappa shape index (κ2) is 8.45. The number of benzene rings is 2. The van der Waals surface area contributed by atoms with Gasteiger partial charge in [-0.1, -0.05) is 35.5 Å². The molecule has 0 bridgehead atoms. The van der Waals surface area contributed by atoms with E-state index in [9.17, 15) is 4.79 Å². The Hall–Kier alpha value is -3.54. The quantitative estimate of drug-likeness (QED) is 0.425. The largest absolute Gasteiger partial charge is 0.332 e. The lowest BCUT2D eigenvalue weighted by Gasteiger charge is -2.08. The molecule has 2 heterocycles. The second-order valence-electron chi connectivity index (χ2n) is 7.38. The van der Waals surface area contributed by atoms with E-state index in [1.807, 2.05) is 54.9 Å². The maximum Gasteiger partial charge on any atom is 0.278 e. The summed E-state index contributed by atoms with van der Waals surface area (Å²) in [4.78, 5) is 15.5. The molecule has 0 spiro atoms. The van der Waals surface area contributed by atoms with Crippen LogP contribution in [0.2, 0.25) is 0 Å². The number of aromatic nitrogens is 4. The lowest BCUT2D eigenvalue weighted by Crippen LogP contribution is -2.03. The van der Waals surface area contributed by atoms with Crippen molar-refractivity contribution < 1.29 is 9.32 Å². The average molecular weight is 400 g/mol. The molecule has 152 valence electrons. The van der Waals surface area contributed by atoms with Crippen LogP contribution in [0, 0.1) is 13.8 Å². The van der Waals surface area contributed by atoms with Gasteiger partial charge in [0.25, 0.3) is 5.89 Å². The first-order valence-corrected chi connectivity index (χ1v) is 10.1. The van der Waals surface area contributed by atoms with Gasteiger partial charge < -0.3 is 9.32 Å². The standard InChI is InChI=1S/C24H24N4O2/c1-4-28-20(14-18-8-6-5-7-9-18)15-22(26-28)24-25-23(27-30-24)19-12-16(2)21(10-11-29)17(3)13-19/h5-9,11-13,15H,4,10,14H2,1-3H3. The van der Waals surface area contributed by atoms with Gasteiger partial charge in [-0.05, 0) is 61.2 Å². The summed E-state index contributed by atoms with van der Waals surface area (Å²) < 4.78 is 7.50. The SMILES string of the molecule is CCn1nc(-c2nc(-c3cc(C)c(CC=O)c(C)c3)no2)cc1Cc1ccccc1. The third-order valence-corrected chi connectivity index (χ3v) is 5.28. The fraction of sp³-hybridized carbons (Fsp3) is 0.250. The normalized spacial score (nSPS) is 11.0. The molecule has 2 aromatic carbocycles. The molecule has 0 saturated carbocycles. The van der Waals surface area contributed by atoms with E-state index in [0.29, 0.717) is 23.8 Å². The smallest absolute Gasteiger partial charge is 0.278 e. The van der Waals surface area contributed by atoms with Crippen molar-refractivity contribution in [2.24, 2.45) is 0 Å². The fourth-order valence-corrected chi connectivity index (χ4v) is 3.75. The zero-order valence-electron chi connectivity index (χ0n) is 17.4. The zero-order valence-corrected chi connectivity index (χ0v) is 17.4. The van der Waals surface area contributed by atoms with E-state index in [-0.39, 0.29) is 0 Å². The summed E-state index contributed by atoms with van der Waals surface area (Å²) in [7, 11) is 0. The maximum absolute atomic E-state index is 10.9. The molecule has 0 fully saturated rings. The van der Waals surface area contributed by atoms with Crippen LogP contribution in [0.5, 0.6) is 0 Å². The van der Waals surface area contributed by atoms with Crippen molar-refractivity contribution in [3.63, 3.8) is 0 Å². The van der Waals surface area contributed by atoms with Crippen molar-refractivity contribution in [1.29, 1.82) is 0 Å². The van der Waals surface area contributed by atoms with Gasteiger partial charge in [0.15, 0.2) is 5.69 Å². The molecule has 0 aliphatic heterocycles. The van der Waals surface area contributed by atoms with Gasteiger partial charge in [0.1, 0.15) is 6.29 Å². The number of hydrogen-bond donors (Lipinski definition) is 0. The second-order valence-corrected chi connectivity index (χ2v) is 7.38. The number of rotatable bonds is 7. The van der Waals surface area contributed by atoms with E-state index in [0.717, 1.165) is 47.2 Å². The predicted molar refractivity (Wildman–Crippen MR) is 115 cm³/mol. The van der Waals surface area contributed by atoms with Crippen LogP contribution in [0.4, 0.5) is 0 Å². The molecule has 0 unspecified atom stereocenters. The molecule has 0 amide bonds. The van der Waals surface area contributed by atoms with E-state index >= 15 is 0 Å². The number of aldehydes is 1. The monoisotopic (exact) mass is 400 g/mol. The summed E-state index contributed by atoms with van der Waals surface area (Å²) in [5, 5.41) is 8.82. The van der Waals surface area contributed by atoms with Crippen molar-refractivity contribution in [2.45, 2.75) is 40.2 Å². The Balaban J connectivity index is 1.64. The first kappa shape index (κ1) is 19.8. The van der Waals surface area contributed by atoms with Gasteiger partial charge in [0.05, 0.1) is 0 Å². The Bertz CT molecular complexity index is 1150. The minimum Gasteiger partial charge on any atom is -0.332 e. The highest BCUT2D eigenvalue weighted by molar-refractivity contribution is 5.64.